The molecule has 0 bridgehead atoms. The molecule has 0 heterocycles. The van der Waals surface area contributed by atoms with Crippen molar-refractivity contribution in [2.24, 2.45) is 0 Å². The molecule has 0 radical (unpaired) electrons. The van der Waals surface area contributed by atoms with Crippen LogP contribution >= 0.6 is 23.2 Å². The summed E-state index contributed by atoms with van der Waals surface area (Å²) in [5.41, 5.74) is 1.96. The van der Waals surface area contributed by atoms with E-state index in [2.05, 4.69) is 0 Å². The van der Waals surface area contributed by atoms with Gasteiger partial charge in [-0.2, -0.15) is 0 Å². The smallest absolute Gasteiger partial charge is 0.343 e. The number of benzene rings is 3. The van der Waals surface area contributed by atoms with Gasteiger partial charge in [0, 0.05) is 5.56 Å². The largest absolute Gasteiger partial charge is 0.454 e. The number of halogens is 2. The molecule has 0 aliphatic carbocycles. The van der Waals surface area contributed by atoms with Crippen molar-refractivity contribution in [3.63, 3.8) is 0 Å². The Kier molecular flexibility index (Phi) is 6.87. The minimum atomic E-state index is -0.689. The van der Waals surface area contributed by atoms with Gasteiger partial charge < -0.3 is 9.47 Å². The van der Waals surface area contributed by atoms with Crippen molar-refractivity contribution < 1.29 is 23.9 Å². The lowest BCUT2D eigenvalue weighted by atomic mass is 10.1. The third-order valence-electron chi connectivity index (χ3n) is 4.16. The number of ketones is 1. The summed E-state index contributed by atoms with van der Waals surface area (Å²) in [6.45, 7) is 1.48. The summed E-state index contributed by atoms with van der Waals surface area (Å²) in [5, 5.41) is 0.528. The predicted molar refractivity (Wildman–Crippen MR) is 114 cm³/mol. The van der Waals surface area contributed by atoms with E-state index in [1.165, 1.54) is 42.5 Å². The molecule has 0 N–H and O–H groups in total. The highest BCUT2D eigenvalue weighted by Crippen LogP contribution is 2.23. The summed E-state index contributed by atoms with van der Waals surface area (Å²) in [6, 6.07) is 17.3. The summed E-state index contributed by atoms with van der Waals surface area (Å²) >= 11 is 11.7. The normalized spacial score (nSPS) is 10.4. The topological polar surface area (TPSA) is 69.7 Å². The van der Waals surface area contributed by atoms with Crippen molar-refractivity contribution >= 4 is 40.9 Å². The van der Waals surface area contributed by atoms with Crippen LogP contribution in [0.1, 0.15) is 36.6 Å². The Labute approximate surface area is 183 Å². The van der Waals surface area contributed by atoms with Crippen molar-refractivity contribution in [3.05, 3.63) is 99.0 Å². The first-order chi connectivity index (χ1) is 14.3. The van der Waals surface area contributed by atoms with Gasteiger partial charge in [0.2, 0.25) is 0 Å². The van der Waals surface area contributed by atoms with Crippen molar-refractivity contribution in [2.75, 3.05) is 6.61 Å². The highest BCUT2D eigenvalue weighted by molar-refractivity contribution is 6.42. The molecule has 5 nitrogen and oxygen atoms in total. The maximum atomic E-state index is 12.3. The van der Waals surface area contributed by atoms with Crippen LogP contribution in [0.4, 0.5) is 0 Å². The number of carbonyl (C=O) groups is 3. The van der Waals surface area contributed by atoms with E-state index in [-0.39, 0.29) is 10.6 Å². The zero-order valence-corrected chi connectivity index (χ0v) is 17.4. The van der Waals surface area contributed by atoms with E-state index in [1.807, 2.05) is 19.1 Å². The number of ether oxygens (including phenoxy) is 2. The lowest BCUT2D eigenvalue weighted by molar-refractivity contribution is 0.0474. The molecule has 0 saturated heterocycles. The van der Waals surface area contributed by atoms with Gasteiger partial charge in [0.05, 0.1) is 21.2 Å². The fourth-order valence-corrected chi connectivity index (χ4v) is 2.78. The van der Waals surface area contributed by atoms with Crippen molar-refractivity contribution in [2.45, 2.75) is 6.92 Å². The molecule has 3 aromatic carbocycles. The Morgan fingerprint density at radius 1 is 0.733 bits per heavy atom. The van der Waals surface area contributed by atoms with E-state index >= 15 is 0 Å². The first kappa shape index (κ1) is 21.6. The zero-order valence-electron chi connectivity index (χ0n) is 15.9. The van der Waals surface area contributed by atoms with Crippen LogP contribution < -0.4 is 4.74 Å². The zero-order chi connectivity index (χ0) is 21.7. The number of hydrogen-bond donors (Lipinski definition) is 0. The number of hydrogen-bond acceptors (Lipinski definition) is 5. The highest BCUT2D eigenvalue weighted by Gasteiger charge is 2.14. The number of aryl methyl sites for hydroxylation is 1. The molecular formula is C23H16Cl2O5. The average Bonchev–Trinajstić information content (AvgIpc) is 2.74. The minimum absolute atomic E-state index is 0.190. The molecule has 152 valence electrons. The van der Waals surface area contributed by atoms with E-state index in [0.29, 0.717) is 21.9 Å². The maximum absolute atomic E-state index is 12.3. The number of Topliss-reactive ketones (excluding diaryl/α,β-unsaturated/α-hetero) is 1. The standard InChI is InChI=1S/C23H16Cl2O5/c1-14-2-4-16(5-3-14)23(28)30-18-9-6-15(7-10-18)21(26)13-29-22(27)17-8-11-19(24)20(25)12-17/h2-12H,13H2,1H3. The van der Waals surface area contributed by atoms with Crippen LogP contribution in [0.25, 0.3) is 0 Å². The van der Waals surface area contributed by atoms with Crippen LogP contribution in [0.15, 0.2) is 66.7 Å². The molecule has 0 saturated carbocycles. The molecule has 0 amide bonds. The molecule has 0 unspecified atom stereocenters. The second-order valence-corrected chi connectivity index (χ2v) is 7.22. The van der Waals surface area contributed by atoms with E-state index < -0.39 is 24.3 Å². The molecule has 0 spiro atoms. The van der Waals surface area contributed by atoms with Crippen molar-refractivity contribution in [3.8, 4) is 5.75 Å². The summed E-state index contributed by atoms with van der Waals surface area (Å²) in [4.78, 5) is 36.4. The molecular weight excluding hydrogens is 427 g/mol. The average molecular weight is 443 g/mol. The van der Waals surface area contributed by atoms with E-state index in [4.69, 9.17) is 32.7 Å². The predicted octanol–water partition coefficient (Wildman–Crippen LogP) is 5.56. The fourth-order valence-electron chi connectivity index (χ4n) is 2.49. The lowest BCUT2D eigenvalue weighted by Crippen LogP contribution is -2.14. The Morgan fingerprint density at radius 2 is 1.33 bits per heavy atom. The van der Waals surface area contributed by atoms with Crippen LogP contribution in [-0.2, 0) is 4.74 Å². The lowest BCUT2D eigenvalue weighted by Gasteiger charge is -2.07. The van der Waals surface area contributed by atoms with Gasteiger partial charge in [-0.25, -0.2) is 9.59 Å². The van der Waals surface area contributed by atoms with Gasteiger partial charge in [0.25, 0.3) is 0 Å². The van der Waals surface area contributed by atoms with Crippen LogP contribution in [-0.4, -0.2) is 24.3 Å². The van der Waals surface area contributed by atoms with Gasteiger partial charge in [-0.15, -0.1) is 0 Å². The van der Waals surface area contributed by atoms with Gasteiger partial charge in [0.1, 0.15) is 5.75 Å². The minimum Gasteiger partial charge on any atom is -0.454 e. The first-order valence-electron chi connectivity index (χ1n) is 8.88. The van der Waals surface area contributed by atoms with Gasteiger partial charge in [-0.1, -0.05) is 40.9 Å². The molecule has 0 atom stereocenters. The summed E-state index contributed by atoms with van der Waals surface area (Å²) < 4.78 is 10.3. The van der Waals surface area contributed by atoms with Gasteiger partial charge >= 0.3 is 11.9 Å². The Morgan fingerprint density at radius 3 is 1.97 bits per heavy atom. The molecule has 30 heavy (non-hydrogen) atoms. The van der Waals surface area contributed by atoms with Crippen LogP contribution in [0.2, 0.25) is 10.0 Å². The number of esters is 2. The quantitative estimate of drug-likeness (QED) is 0.283. The Bertz CT molecular complexity index is 1090. The first-order valence-corrected chi connectivity index (χ1v) is 9.63. The summed E-state index contributed by atoms with van der Waals surface area (Å²) in [5.74, 6) is -1.29. The van der Waals surface area contributed by atoms with Gasteiger partial charge in [-0.05, 0) is 61.5 Å². The monoisotopic (exact) mass is 442 g/mol. The van der Waals surface area contributed by atoms with E-state index in [9.17, 15) is 14.4 Å². The van der Waals surface area contributed by atoms with Gasteiger partial charge in [0.15, 0.2) is 12.4 Å². The second-order valence-electron chi connectivity index (χ2n) is 6.41. The molecule has 0 aliphatic rings. The number of rotatable bonds is 6. The molecule has 0 aromatic heterocycles. The third kappa shape index (κ3) is 5.47. The molecule has 0 aliphatic heterocycles. The van der Waals surface area contributed by atoms with Crippen LogP contribution in [0.3, 0.4) is 0 Å². The Balaban J connectivity index is 1.56. The van der Waals surface area contributed by atoms with Gasteiger partial charge in [-0.3, -0.25) is 4.79 Å². The molecule has 7 heteroatoms. The second kappa shape index (κ2) is 9.57. The maximum Gasteiger partial charge on any atom is 0.343 e. The highest BCUT2D eigenvalue weighted by atomic mass is 35.5. The molecule has 3 aromatic rings. The van der Waals surface area contributed by atoms with Crippen molar-refractivity contribution in [1.29, 1.82) is 0 Å². The summed E-state index contributed by atoms with van der Waals surface area (Å²) in [7, 11) is 0. The van der Waals surface area contributed by atoms with Crippen LogP contribution in [0, 0.1) is 6.92 Å². The van der Waals surface area contributed by atoms with E-state index in [1.54, 1.807) is 12.1 Å². The van der Waals surface area contributed by atoms with E-state index in [0.717, 1.165) is 5.56 Å². The summed E-state index contributed by atoms with van der Waals surface area (Å²) in [6.07, 6.45) is 0. The fraction of sp³-hybridized carbons (Fsp3) is 0.0870. The third-order valence-corrected chi connectivity index (χ3v) is 4.90. The molecule has 0 fully saturated rings. The van der Waals surface area contributed by atoms with Crippen molar-refractivity contribution in [1.82, 2.24) is 0 Å². The molecule has 3 rings (SSSR count). The van der Waals surface area contributed by atoms with Crippen LogP contribution in [0.5, 0.6) is 5.75 Å². The number of carbonyl (C=O) groups excluding carboxylic acids is 3. The Hall–Kier alpha value is -3.15. The SMILES string of the molecule is Cc1ccc(C(=O)Oc2ccc(C(=O)COC(=O)c3ccc(Cl)c(Cl)c3)cc2)cc1.